The van der Waals surface area contributed by atoms with Crippen molar-refractivity contribution < 1.29 is 14.9 Å². The molecule has 6 N–H and O–H groups in total. The summed E-state index contributed by atoms with van der Waals surface area (Å²) in [5.74, 6) is 1.42. The number of nitrogens with two attached hydrogens (primary N) is 2. The second-order valence-corrected chi connectivity index (χ2v) is 9.38. The van der Waals surface area contributed by atoms with Gasteiger partial charge in [-0.15, -0.1) is 0 Å². The van der Waals surface area contributed by atoms with Crippen LogP contribution >= 0.6 is 0 Å². The predicted molar refractivity (Wildman–Crippen MR) is 137 cm³/mol. The predicted octanol–water partition coefficient (Wildman–Crippen LogP) is 1.14. The number of carbonyl (C=O) groups excluding carboxylic acids is 2. The van der Waals surface area contributed by atoms with Gasteiger partial charge in [-0.2, -0.15) is 4.98 Å². The minimum atomic E-state index is -0.369. The van der Waals surface area contributed by atoms with E-state index in [1.165, 1.54) is 31.0 Å². The van der Waals surface area contributed by atoms with E-state index in [1.807, 2.05) is 4.90 Å². The average Bonchev–Trinajstić information content (AvgIpc) is 3.48. The summed E-state index contributed by atoms with van der Waals surface area (Å²) in [4.78, 5) is 42.7. The molecular weight excluding hydrogens is 470 g/mol. The van der Waals surface area contributed by atoms with Crippen molar-refractivity contribution in [3.05, 3.63) is 78.7 Å². The summed E-state index contributed by atoms with van der Waals surface area (Å²) in [5, 5.41) is 13.7. The van der Waals surface area contributed by atoms with Crippen LogP contribution in [0.25, 0.3) is 0 Å². The summed E-state index contributed by atoms with van der Waals surface area (Å²) in [6.45, 7) is 5.11. The number of nitrogen functional groups attached to an aromatic ring is 1. The summed E-state index contributed by atoms with van der Waals surface area (Å²) in [5.41, 5.74) is 8.31. The molecule has 1 aliphatic carbocycles. The van der Waals surface area contributed by atoms with E-state index in [0.29, 0.717) is 34.5 Å². The lowest BCUT2D eigenvalue weighted by atomic mass is 10.0. The fraction of sp³-hybridized carbons (Fsp3) is 0.269. The van der Waals surface area contributed by atoms with Crippen LogP contribution in [0.1, 0.15) is 34.5 Å². The third kappa shape index (κ3) is 5.07. The molecule has 3 aromatic rings. The molecule has 2 aromatic heterocycles. The maximum Gasteiger partial charge on any atom is 0.275 e. The molecule has 2 aliphatic rings. The van der Waals surface area contributed by atoms with E-state index in [2.05, 4.69) is 37.1 Å². The Morgan fingerprint density at radius 2 is 1.84 bits per heavy atom. The Kier molecular flexibility index (Phi) is 6.69. The second-order valence-electron chi connectivity index (χ2n) is 9.38. The molecule has 11 nitrogen and oxygen atoms in total. The van der Waals surface area contributed by atoms with Crippen molar-refractivity contribution >= 4 is 34.8 Å². The van der Waals surface area contributed by atoms with E-state index in [-0.39, 0.29) is 35.1 Å². The van der Waals surface area contributed by atoms with Crippen molar-refractivity contribution in [2.75, 3.05) is 24.1 Å². The fourth-order valence-electron chi connectivity index (χ4n) is 5.29. The van der Waals surface area contributed by atoms with Gasteiger partial charge in [0, 0.05) is 49.6 Å². The number of nitrogens with one attached hydrogen (secondary N) is 2. The van der Waals surface area contributed by atoms with E-state index >= 15 is 0 Å². The van der Waals surface area contributed by atoms with Gasteiger partial charge in [0.2, 0.25) is 11.7 Å². The molecule has 0 radical (unpaired) electrons. The van der Waals surface area contributed by atoms with Crippen LogP contribution in [0, 0.1) is 17.2 Å². The molecule has 2 atom stereocenters. The first kappa shape index (κ1) is 24.2. The van der Waals surface area contributed by atoms with Crippen LogP contribution in [-0.2, 0) is 4.79 Å². The number of rotatable bonds is 7. The minimum absolute atomic E-state index is 0.00596. The Morgan fingerprint density at radius 1 is 1.11 bits per heavy atom. The van der Waals surface area contributed by atoms with Gasteiger partial charge < -0.3 is 16.0 Å². The highest BCUT2D eigenvalue weighted by atomic mass is 16.2. The molecular formula is C26H28N9O2+. The van der Waals surface area contributed by atoms with Crippen LogP contribution in [0.15, 0.2) is 61.8 Å². The molecule has 0 bridgehead atoms. The van der Waals surface area contributed by atoms with Gasteiger partial charge in [-0.05, 0) is 30.0 Å². The van der Waals surface area contributed by atoms with Gasteiger partial charge in [-0.25, -0.2) is 9.97 Å². The molecule has 1 saturated carbocycles. The molecule has 2 fully saturated rings. The Morgan fingerprint density at radius 3 is 2.49 bits per heavy atom. The van der Waals surface area contributed by atoms with Gasteiger partial charge in [0.05, 0.1) is 18.0 Å². The summed E-state index contributed by atoms with van der Waals surface area (Å²) >= 11 is 0. The summed E-state index contributed by atoms with van der Waals surface area (Å²) < 4.78 is 0. The van der Waals surface area contributed by atoms with Crippen molar-refractivity contribution in [2.45, 2.75) is 18.9 Å². The van der Waals surface area contributed by atoms with Crippen LogP contribution in [0.4, 0.5) is 17.3 Å². The molecule has 2 amide bonds. The largest absolute Gasteiger partial charge is 0.383 e. The lowest BCUT2D eigenvalue weighted by molar-refractivity contribution is -0.613. The maximum atomic E-state index is 12.3. The van der Waals surface area contributed by atoms with Gasteiger partial charge in [0.1, 0.15) is 23.4 Å². The smallest absolute Gasteiger partial charge is 0.275 e. The topological polar surface area (TPSA) is 167 Å². The first-order chi connectivity index (χ1) is 17.9. The van der Waals surface area contributed by atoms with Gasteiger partial charge in [-0.3, -0.25) is 25.3 Å². The molecule has 1 aromatic carbocycles. The standard InChI is InChI=1S/C26H27N9O2/c1-2-21(36)35-12-16-9-19(10-17(16)13-35)33-25-22(24(28)31-14-32-25)23(27)15-3-5-18(6-4-15)34-26(37)20-11-29-7-8-30-20/h2-8,11,14,16-17,19,27H,1,9-10,12-13H2,(H,34,37)(H3,28,31,32,33)/p+1. The Balaban J connectivity index is 1.27. The summed E-state index contributed by atoms with van der Waals surface area (Å²) in [6.07, 6.45) is 9.07. The van der Waals surface area contributed by atoms with Crippen LogP contribution < -0.4 is 16.4 Å². The van der Waals surface area contributed by atoms with Gasteiger partial charge in [0.25, 0.3) is 5.91 Å². The Bertz CT molecular complexity index is 1330. The third-order valence-corrected chi connectivity index (χ3v) is 7.05. The van der Waals surface area contributed by atoms with Crippen molar-refractivity contribution in [3.8, 4) is 0 Å². The second kappa shape index (κ2) is 10.2. The number of carbonyl (C=O) groups is 2. The van der Waals surface area contributed by atoms with Crippen molar-refractivity contribution in [1.82, 2.24) is 24.8 Å². The number of hydrogen-bond donors (Lipinski definition) is 4. The summed E-state index contributed by atoms with van der Waals surface area (Å²) in [6, 6.07) is 7.22. The average molecular weight is 499 g/mol. The Hall–Kier alpha value is -4.51. The van der Waals surface area contributed by atoms with Crippen LogP contribution in [0.2, 0.25) is 0 Å². The highest BCUT2D eigenvalue weighted by Crippen LogP contribution is 2.37. The molecule has 2 unspecified atom stereocenters. The quantitative estimate of drug-likeness (QED) is 0.280. The number of likely N-dealkylation sites (tertiary alicyclic amines) is 1. The third-order valence-electron chi connectivity index (χ3n) is 7.05. The molecule has 0 spiro atoms. The van der Waals surface area contributed by atoms with Crippen LogP contribution in [0.5, 0.6) is 0 Å². The van der Waals surface area contributed by atoms with Crippen LogP contribution in [0.3, 0.4) is 0 Å². The number of quaternary nitrogens is 1. The van der Waals surface area contributed by atoms with E-state index in [4.69, 9.17) is 11.1 Å². The van der Waals surface area contributed by atoms with E-state index in [0.717, 1.165) is 25.9 Å². The van der Waals surface area contributed by atoms with Crippen LogP contribution in [-0.4, -0.2) is 61.5 Å². The molecule has 1 aliphatic heterocycles. The first-order valence-corrected chi connectivity index (χ1v) is 12.1. The highest BCUT2D eigenvalue weighted by molar-refractivity contribution is 6.15. The van der Waals surface area contributed by atoms with Gasteiger partial charge >= 0.3 is 0 Å². The fourth-order valence-corrected chi connectivity index (χ4v) is 5.29. The monoisotopic (exact) mass is 498 g/mol. The number of fused-ring (bicyclic) bond motifs is 1. The lowest BCUT2D eigenvalue weighted by Gasteiger charge is -2.18. The van der Waals surface area contributed by atoms with E-state index in [1.54, 1.807) is 24.3 Å². The zero-order valence-corrected chi connectivity index (χ0v) is 20.2. The number of anilines is 2. The van der Waals surface area contributed by atoms with E-state index in [9.17, 15) is 9.59 Å². The lowest BCUT2D eigenvalue weighted by Crippen LogP contribution is -2.85. The number of benzene rings is 1. The normalized spacial score (nSPS) is 20.3. The first-order valence-electron chi connectivity index (χ1n) is 12.1. The maximum absolute atomic E-state index is 12.3. The molecule has 1 saturated heterocycles. The number of aromatic nitrogens is 4. The van der Waals surface area contributed by atoms with Crippen molar-refractivity contribution in [3.63, 3.8) is 0 Å². The molecule has 5 rings (SSSR count). The highest BCUT2D eigenvalue weighted by Gasteiger charge is 2.44. The van der Waals surface area contributed by atoms with E-state index < -0.39 is 0 Å². The van der Waals surface area contributed by atoms with Gasteiger partial charge in [0.15, 0.2) is 0 Å². The summed E-state index contributed by atoms with van der Waals surface area (Å²) in [7, 11) is 0. The molecule has 11 heteroatoms. The number of nitrogens with zero attached hydrogens (tertiary/aromatic N) is 5. The number of hydrogen-bond acceptors (Lipinski definition) is 8. The van der Waals surface area contributed by atoms with Crippen molar-refractivity contribution in [1.29, 1.82) is 5.41 Å². The van der Waals surface area contributed by atoms with Gasteiger partial charge in [-0.1, -0.05) is 18.7 Å². The SMILES string of the molecule is C=CC(=O)N1CC2CC([NH2+]c3ncnc(N)c3C(=N)c3ccc(NC(=O)c4cnccn4)cc3)CC2C1. The zero-order chi connectivity index (χ0) is 25.9. The Labute approximate surface area is 213 Å². The molecule has 3 heterocycles. The molecule has 188 valence electrons. The number of amides is 2. The van der Waals surface area contributed by atoms with Crippen molar-refractivity contribution in [2.24, 2.45) is 11.8 Å². The minimum Gasteiger partial charge on any atom is -0.383 e. The zero-order valence-electron chi connectivity index (χ0n) is 20.2. The molecule has 37 heavy (non-hydrogen) atoms.